The molecular formula is C11H15N5O2S2. The van der Waals surface area contributed by atoms with E-state index in [4.69, 9.17) is 0 Å². The second-order valence-electron chi connectivity index (χ2n) is 4.57. The van der Waals surface area contributed by atoms with Gasteiger partial charge in [-0.1, -0.05) is 0 Å². The predicted octanol–water partition coefficient (Wildman–Crippen LogP) is 0.686. The maximum atomic E-state index is 12.5. The molecule has 1 aliphatic heterocycles. The van der Waals surface area contributed by atoms with Gasteiger partial charge < -0.3 is 4.90 Å². The third kappa shape index (κ3) is 2.32. The number of H-pyrrole nitrogens is 1. The van der Waals surface area contributed by atoms with Crippen molar-refractivity contribution in [1.82, 2.24) is 19.5 Å². The molecule has 0 atom stereocenters. The molecule has 0 aromatic carbocycles. The van der Waals surface area contributed by atoms with Crippen molar-refractivity contribution in [3.05, 3.63) is 23.5 Å². The number of aromatic nitrogens is 3. The third-order valence-electron chi connectivity index (χ3n) is 3.33. The summed E-state index contributed by atoms with van der Waals surface area (Å²) in [6.07, 6.45) is 3.13. The van der Waals surface area contributed by atoms with Crippen LogP contribution in [-0.2, 0) is 10.0 Å². The van der Waals surface area contributed by atoms with Crippen LogP contribution in [0.25, 0.3) is 0 Å². The number of aryl methyl sites for hydroxylation is 1. The van der Waals surface area contributed by atoms with Crippen LogP contribution in [0.2, 0.25) is 0 Å². The van der Waals surface area contributed by atoms with Crippen LogP contribution in [0.4, 0.5) is 5.13 Å². The first-order chi connectivity index (χ1) is 9.59. The van der Waals surface area contributed by atoms with E-state index in [-0.39, 0.29) is 4.90 Å². The van der Waals surface area contributed by atoms with Crippen molar-refractivity contribution >= 4 is 26.5 Å². The second-order valence-corrected chi connectivity index (χ2v) is 7.34. The molecule has 0 saturated carbocycles. The first-order valence-electron chi connectivity index (χ1n) is 6.23. The molecule has 0 spiro atoms. The predicted molar refractivity (Wildman–Crippen MR) is 76.4 cm³/mol. The van der Waals surface area contributed by atoms with Crippen LogP contribution >= 0.6 is 11.3 Å². The molecule has 0 aliphatic carbocycles. The number of sulfonamides is 1. The molecule has 0 unspecified atom stereocenters. The van der Waals surface area contributed by atoms with Gasteiger partial charge in [0.05, 0.1) is 11.9 Å². The van der Waals surface area contributed by atoms with Gasteiger partial charge in [0.2, 0.25) is 10.0 Å². The molecule has 1 saturated heterocycles. The molecule has 1 fully saturated rings. The second kappa shape index (κ2) is 5.15. The Balaban J connectivity index is 1.74. The number of rotatable bonds is 3. The van der Waals surface area contributed by atoms with Gasteiger partial charge in [-0.2, -0.15) is 9.40 Å². The number of nitrogens with zero attached hydrogens (tertiary/aromatic N) is 4. The molecule has 20 heavy (non-hydrogen) atoms. The molecule has 9 heteroatoms. The smallest absolute Gasteiger partial charge is 0.246 e. The van der Waals surface area contributed by atoms with Gasteiger partial charge in [-0.05, 0) is 6.92 Å². The molecule has 0 radical (unpaired) electrons. The van der Waals surface area contributed by atoms with Crippen LogP contribution in [0.3, 0.4) is 0 Å². The maximum Gasteiger partial charge on any atom is 0.246 e. The van der Waals surface area contributed by atoms with Gasteiger partial charge >= 0.3 is 0 Å². The average molecular weight is 313 g/mol. The quantitative estimate of drug-likeness (QED) is 0.901. The Morgan fingerprint density at radius 3 is 2.60 bits per heavy atom. The summed E-state index contributed by atoms with van der Waals surface area (Å²) in [5, 5.41) is 9.33. The molecular weight excluding hydrogens is 298 g/mol. The van der Waals surface area contributed by atoms with Crippen molar-refractivity contribution in [1.29, 1.82) is 0 Å². The van der Waals surface area contributed by atoms with Crippen LogP contribution in [0.1, 0.15) is 5.69 Å². The molecule has 2 aromatic heterocycles. The monoisotopic (exact) mass is 313 g/mol. The highest BCUT2D eigenvalue weighted by molar-refractivity contribution is 7.89. The van der Waals surface area contributed by atoms with Crippen LogP contribution < -0.4 is 4.90 Å². The van der Waals surface area contributed by atoms with E-state index in [1.807, 2.05) is 5.38 Å². The van der Waals surface area contributed by atoms with Crippen molar-refractivity contribution in [2.75, 3.05) is 31.1 Å². The SMILES string of the molecule is Cc1[nH]ncc1S(=O)(=O)N1CCN(c2nccs2)CC1. The molecule has 1 N–H and O–H groups in total. The number of piperazine rings is 1. The van der Waals surface area contributed by atoms with Crippen LogP contribution in [0, 0.1) is 6.92 Å². The molecule has 7 nitrogen and oxygen atoms in total. The summed E-state index contributed by atoms with van der Waals surface area (Å²) in [5.41, 5.74) is 0.576. The van der Waals surface area contributed by atoms with Gasteiger partial charge in [-0.3, -0.25) is 5.10 Å². The molecule has 3 heterocycles. The molecule has 0 amide bonds. The number of anilines is 1. The Morgan fingerprint density at radius 2 is 2.05 bits per heavy atom. The van der Waals surface area contributed by atoms with Crippen LogP contribution in [-0.4, -0.2) is 54.1 Å². The van der Waals surface area contributed by atoms with Crippen molar-refractivity contribution in [2.24, 2.45) is 0 Å². The van der Waals surface area contributed by atoms with E-state index < -0.39 is 10.0 Å². The first kappa shape index (κ1) is 13.5. The lowest BCUT2D eigenvalue weighted by Crippen LogP contribution is -2.48. The van der Waals surface area contributed by atoms with Gasteiger partial charge in [0.1, 0.15) is 4.90 Å². The number of nitrogens with one attached hydrogen (secondary N) is 1. The highest BCUT2D eigenvalue weighted by Gasteiger charge is 2.30. The van der Waals surface area contributed by atoms with E-state index in [0.717, 1.165) is 5.13 Å². The molecule has 2 aromatic rings. The largest absolute Gasteiger partial charge is 0.345 e. The van der Waals surface area contributed by atoms with Gasteiger partial charge in [-0.25, -0.2) is 13.4 Å². The summed E-state index contributed by atoms with van der Waals surface area (Å²) in [5.74, 6) is 0. The minimum absolute atomic E-state index is 0.264. The molecule has 0 bridgehead atoms. The summed E-state index contributed by atoms with van der Waals surface area (Å²) in [4.78, 5) is 6.63. The standard InChI is InChI=1S/C11H15N5O2S2/c1-9-10(8-13-14-9)20(17,18)16-5-3-15(4-6-16)11-12-2-7-19-11/h2,7-8H,3-6H2,1H3,(H,13,14). The van der Waals surface area contributed by atoms with E-state index in [1.54, 1.807) is 24.5 Å². The van der Waals surface area contributed by atoms with Gasteiger partial charge in [0.15, 0.2) is 5.13 Å². The van der Waals surface area contributed by atoms with Gasteiger partial charge in [-0.15, -0.1) is 11.3 Å². The van der Waals surface area contributed by atoms with E-state index in [9.17, 15) is 8.42 Å². The Bertz CT molecular complexity index is 671. The summed E-state index contributed by atoms with van der Waals surface area (Å²) >= 11 is 1.57. The van der Waals surface area contributed by atoms with Crippen molar-refractivity contribution < 1.29 is 8.42 Å². The molecule has 3 rings (SSSR count). The summed E-state index contributed by atoms with van der Waals surface area (Å²) in [6.45, 7) is 3.96. The van der Waals surface area contributed by atoms with Crippen molar-refractivity contribution in [2.45, 2.75) is 11.8 Å². The summed E-state index contributed by atoms with van der Waals surface area (Å²) in [6, 6.07) is 0. The Morgan fingerprint density at radius 1 is 1.30 bits per heavy atom. The van der Waals surface area contributed by atoms with E-state index in [1.165, 1.54) is 10.5 Å². The minimum atomic E-state index is -3.45. The lowest BCUT2D eigenvalue weighted by Gasteiger charge is -2.33. The molecule has 108 valence electrons. The average Bonchev–Trinajstić information content (AvgIpc) is 3.10. The highest BCUT2D eigenvalue weighted by Crippen LogP contribution is 2.23. The zero-order valence-corrected chi connectivity index (χ0v) is 12.6. The van der Waals surface area contributed by atoms with Crippen LogP contribution in [0.5, 0.6) is 0 Å². The van der Waals surface area contributed by atoms with Gasteiger partial charge in [0.25, 0.3) is 0 Å². The van der Waals surface area contributed by atoms with Crippen LogP contribution in [0.15, 0.2) is 22.7 Å². The third-order valence-corrected chi connectivity index (χ3v) is 6.17. The van der Waals surface area contributed by atoms with E-state index in [2.05, 4.69) is 20.1 Å². The highest BCUT2D eigenvalue weighted by atomic mass is 32.2. The lowest BCUT2D eigenvalue weighted by molar-refractivity contribution is 0.384. The summed E-state index contributed by atoms with van der Waals surface area (Å²) in [7, 11) is -3.45. The Kier molecular flexibility index (Phi) is 3.48. The zero-order chi connectivity index (χ0) is 14.2. The maximum absolute atomic E-state index is 12.5. The fourth-order valence-electron chi connectivity index (χ4n) is 2.23. The number of hydrogen-bond donors (Lipinski definition) is 1. The van der Waals surface area contributed by atoms with Crippen molar-refractivity contribution in [3.63, 3.8) is 0 Å². The normalized spacial score (nSPS) is 17.6. The topological polar surface area (TPSA) is 82.2 Å². The lowest BCUT2D eigenvalue weighted by atomic mass is 10.4. The van der Waals surface area contributed by atoms with E-state index in [0.29, 0.717) is 31.9 Å². The first-order valence-corrected chi connectivity index (χ1v) is 8.55. The fraction of sp³-hybridized carbons (Fsp3) is 0.455. The van der Waals surface area contributed by atoms with Gasteiger partial charge in [0, 0.05) is 37.8 Å². The summed E-state index contributed by atoms with van der Waals surface area (Å²) < 4.78 is 26.5. The fourth-order valence-corrected chi connectivity index (χ4v) is 4.47. The Hall–Kier alpha value is -1.45. The number of hydrogen-bond acceptors (Lipinski definition) is 6. The van der Waals surface area contributed by atoms with Crippen molar-refractivity contribution in [3.8, 4) is 0 Å². The number of thiazole rings is 1. The zero-order valence-electron chi connectivity index (χ0n) is 11.0. The minimum Gasteiger partial charge on any atom is -0.345 e. The number of aromatic amines is 1. The van der Waals surface area contributed by atoms with E-state index >= 15 is 0 Å². The Labute approximate surface area is 121 Å². The molecule has 1 aliphatic rings.